The van der Waals surface area contributed by atoms with E-state index in [2.05, 4.69) is 6.92 Å². The number of hydrogen-bond donors (Lipinski definition) is 0. The summed E-state index contributed by atoms with van der Waals surface area (Å²) in [6.45, 7) is 4.59. The van der Waals surface area contributed by atoms with Crippen LogP contribution >= 0.6 is 0 Å². The maximum absolute atomic E-state index is 10.1. The van der Waals surface area contributed by atoms with Crippen molar-refractivity contribution in [3.63, 3.8) is 0 Å². The Bertz CT molecular complexity index is 115. The van der Waals surface area contributed by atoms with Gasteiger partial charge in [0.25, 0.3) is 0 Å². The second kappa shape index (κ2) is 2.35. The summed E-state index contributed by atoms with van der Waals surface area (Å²) in [5.41, 5.74) is 0. The largest absolute Gasteiger partial charge is 0.542 e. The normalized spacial score (nSPS) is 12.6. The van der Waals surface area contributed by atoms with Gasteiger partial charge in [-0.05, 0) is 6.92 Å². The van der Waals surface area contributed by atoms with Crippen molar-refractivity contribution < 1.29 is 14.7 Å². The molecule has 0 aliphatic heterocycles. The minimum absolute atomic E-state index is 0.708. The molecule has 0 aliphatic carbocycles. The Hall–Kier alpha value is -0.990. The molecule has 44 valence electrons. The Balaban J connectivity index is 3.84. The van der Waals surface area contributed by atoms with Gasteiger partial charge in [-0.1, -0.05) is 0 Å². The minimum Gasteiger partial charge on any atom is -0.542 e. The molecule has 0 aromatic heterocycles. The molecule has 0 N–H and O–H groups in total. The van der Waals surface area contributed by atoms with E-state index in [1.54, 1.807) is 0 Å². The van der Waals surface area contributed by atoms with Crippen LogP contribution in [0.5, 0.6) is 0 Å². The van der Waals surface area contributed by atoms with Crippen LogP contribution in [-0.4, -0.2) is 11.8 Å². The second-order valence-corrected chi connectivity index (χ2v) is 1.55. The number of ketones is 1. The number of carboxylic acids is 1. The smallest absolute Gasteiger partial charge is 0.224 e. The summed E-state index contributed by atoms with van der Waals surface area (Å²) < 4.78 is 0. The molecule has 3 nitrogen and oxygen atoms in total. The Morgan fingerprint density at radius 3 is 2.00 bits per heavy atom. The van der Waals surface area contributed by atoms with E-state index in [0.29, 0.717) is 0 Å². The van der Waals surface area contributed by atoms with Gasteiger partial charge in [-0.2, -0.15) is 0 Å². The zero-order valence-corrected chi connectivity index (χ0v) is 4.51. The highest BCUT2D eigenvalue weighted by Crippen LogP contribution is 1.89. The Morgan fingerprint density at radius 1 is 1.62 bits per heavy atom. The van der Waals surface area contributed by atoms with E-state index in [9.17, 15) is 14.7 Å². The van der Waals surface area contributed by atoms with E-state index in [1.807, 2.05) is 0 Å². The lowest BCUT2D eigenvalue weighted by atomic mass is 10.1. The lowest BCUT2D eigenvalue weighted by Crippen LogP contribution is -2.34. The monoisotopic (exact) mass is 114 g/mol. The number of Topliss-reactive ketones (excluding diaryl/α,β-unsaturated/α-hetero) is 1. The molecule has 0 aliphatic rings. The molecule has 0 amide bonds. The van der Waals surface area contributed by atoms with Gasteiger partial charge in [0.15, 0.2) is 5.92 Å². The standard InChI is InChI=1S/C5H6O3/c1-3(2)4(6)5(7)8/h3H,1H2,2H3. The fourth-order valence-electron chi connectivity index (χ4n) is 0.201. The third kappa shape index (κ3) is 1.64. The summed E-state index contributed by atoms with van der Waals surface area (Å²) in [6, 6.07) is 0. The first kappa shape index (κ1) is 7.01. The average Bonchev–Trinajstić information content (AvgIpc) is 1.64. The summed E-state index contributed by atoms with van der Waals surface area (Å²) in [7, 11) is 0. The van der Waals surface area contributed by atoms with E-state index in [1.165, 1.54) is 6.92 Å². The predicted octanol–water partition coefficient (Wildman–Crippen LogP) is -1.22. The molecular weight excluding hydrogens is 108 g/mol. The zero-order chi connectivity index (χ0) is 6.73. The minimum atomic E-state index is -1.66. The van der Waals surface area contributed by atoms with Crippen molar-refractivity contribution in [3.05, 3.63) is 6.92 Å². The van der Waals surface area contributed by atoms with E-state index in [-0.39, 0.29) is 0 Å². The van der Waals surface area contributed by atoms with E-state index in [4.69, 9.17) is 0 Å². The van der Waals surface area contributed by atoms with Gasteiger partial charge in [-0.3, -0.25) is 4.79 Å². The maximum Gasteiger partial charge on any atom is 0.224 e. The molecule has 0 bridgehead atoms. The lowest BCUT2D eigenvalue weighted by molar-refractivity contribution is -0.300. The van der Waals surface area contributed by atoms with Crippen LogP contribution in [0.15, 0.2) is 0 Å². The molecular formula is C5H6O3. The van der Waals surface area contributed by atoms with Crippen LogP contribution in [-0.2, 0) is 9.59 Å². The van der Waals surface area contributed by atoms with Gasteiger partial charge in [0.2, 0.25) is 5.78 Å². The Morgan fingerprint density at radius 2 is 2.00 bits per heavy atom. The van der Waals surface area contributed by atoms with Gasteiger partial charge in [0.05, 0.1) is 6.92 Å². The summed E-state index contributed by atoms with van der Waals surface area (Å²) in [6.07, 6.45) is 0. The number of aliphatic carboxylic acids is 1. The fraction of sp³-hybridized carbons (Fsp3) is 0.400. The highest BCUT2D eigenvalue weighted by Gasteiger charge is 2.12. The molecule has 1 atom stereocenters. The summed E-state index contributed by atoms with van der Waals surface area (Å²) in [5, 5.41) is 9.64. The van der Waals surface area contributed by atoms with Gasteiger partial charge >= 0.3 is 0 Å². The van der Waals surface area contributed by atoms with Crippen molar-refractivity contribution in [2.45, 2.75) is 6.92 Å². The molecule has 0 aromatic carbocycles. The van der Waals surface area contributed by atoms with Crippen molar-refractivity contribution in [1.82, 2.24) is 0 Å². The molecule has 1 unspecified atom stereocenters. The molecule has 0 heterocycles. The molecule has 0 spiro atoms. The number of hydrogen-bond acceptors (Lipinski definition) is 3. The van der Waals surface area contributed by atoms with Gasteiger partial charge in [0, 0.05) is 0 Å². The van der Waals surface area contributed by atoms with Crippen LogP contribution < -0.4 is 5.11 Å². The highest BCUT2D eigenvalue weighted by molar-refractivity contribution is 6.32. The molecule has 0 fully saturated rings. The van der Waals surface area contributed by atoms with Crippen LogP contribution in [0.3, 0.4) is 0 Å². The van der Waals surface area contributed by atoms with Crippen LogP contribution in [0.25, 0.3) is 0 Å². The Kier molecular flexibility index (Phi) is 2.06. The van der Waals surface area contributed by atoms with Crippen molar-refractivity contribution in [3.8, 4) is 0 Å². The number of carboxylic acid groups (broad SMARTS) is 1. The topological polar surface area (TPSA) is 57.2 Å². The van der Waals surface area contributed by atoms with Crippen molar-refractivity contribution in [2.75, 3.05) is 0 Å². The molecule has 0 saturated carbocycles. The number of rotatable bonds is 2. The molecule has 0 radical (unpaired) electrons. The first-order valence-corrected chi connectivity index (χ1v) is 2.14. The Labute approximate surface area is 47.3 Å². The third-order valence-electron chi connectivity index (χ3n) is 0.649. The van der Waals surface area contributed by atoms with E-state index >= 15 is 0 Å². The lowest BCUT2D eigenvalue weighted by Gasteiger charge is -1.96. The predicted molar refractivity (Wildman–Crippen MR) is 24.5 cm³/mol. The SMILES string of the molecule is [CH2+]C(C)C(=O)C(=O)[O-]. The van der Waals surface area contributed by atoms with Crippen molar-refractivity contribution >= 4 is 11.8 Å². The number of carbonyl (C=O) groups is 2. The number of carbonyl (C=O) groups excluding carboxylic acids is 2. The molecule has 3 heteroatoms. The first-order chi connectivity index (χ1) is 3.55. The summed E-state index contributed by atoms with van der Waals surface area (Å²) in [4.78, 5) is 19.8. The van der Waals surface area contributed by atoms with Gasteiger partial charge < -0.3 is 9.90 Å². The molecule has 0 saturated heterocycles. The highest BCUT2D eigenvalue weighted by atomic mass is 16.4. The maximum atomic E-state index is 10.1. The van der Waals surface area contributed by atoms with Crippen LogP contribution in [0.2, 0.25) is 0 Å². The molecule has 0 aromatic rings. The summed E-state index contributed by atoms with van der Waals surface area (Å²) in [5.74, 6) is -3.32. The summed E-state index contributed by atoms with van der Waals surface area (Å²) >= 11 is 0. The van der Waals surface area contributed by atoms with Crippen LogP contribution in [0.4, 0.5) is 0 Å². The van der Waals surface area contributed by atoms with Gasteiger partial charge in [-0.15, -0.1) is 0 Å². The first-order valence-electron chi connectivity index (χ1n) is 2.14. The van der Waals surface area contributed by atoms with Gasteiger partial charge in [0.1, 0.15) is 5.97 Å². The van der Waals surface area contributed by atoms with Gasteiger partial charge in [-0.25, -0.2) is 0 Å². The van der Waals surface area contributed by atoms with E-state index < -0.39 is 17.7 Å². The van der Waals surface area contributed by atoms with Crippen molar-refractivity contribution in [2.24, 2.45) is 5.92 Å². The van der Waals surface area contributed by atoms with Crippen LogP contribution in [0.1, 0.15) is 6.92 Å². The zero-order valence-electron chi connectivity index (χ0n) is 4.51. The van der Waals surface area contributed by atoms with Crippen LogP contribution in [0, 0.1) is 12.8 Å². The quantitative estimate of drug-likeness (QED) is 0.334. The third-order valence-corrected chi connectivity index (χ3v) is 0.649. The molecule has 0 rings (SSSR count). The van der Waals surface area contributed by atoms with E-state index in [0.717, 1.165) is 0 Å². The fourth-order valence-corrected chi connectivity index (χ4v) is 0.201. The van der Waals surface area contributed by atoms with Crippen molar-refractivity contribution in [1.29, 1.82) is 0 Å². The second-order valence-electron chi connectivity index (χ2n) is 1.55. The molecule has 8 heavy (non-hydrogen) atoms. The average molecular weight is 114 g/mol.